The van der Waals surface area contributed by atoms with Crippen LogP contribution in [-0.4, -0.2) is 78.9 Å². The molecule has 5 rings (SSSR count). The van der Waals surface area contributed by atoms with E-state index in [4.69, 9.17) is 0 Å². The molecule has 0 bridgehead atoms. The SMILES string of the molecule is Cc1cccc(C)c1N1CCN(C(=O)CN2CC3=C(C2=O)[C@@H](c2ccc(F)cc2)NC(=O)N3C)CC1. The number of para-hydroxylation sites is 1. The highest BCUT2D eigenvalue weighted by molar-refractivity contribution is 6.03. The van der Waals surface area contributed by atoms with Crippen molar-refractivity contribution in [1.29, 1.82) is 0 Å². The zero-order valence-corrected chi connectivity index (χ0v) is 20.8. The van der Waals surface area contributed by atoms with E-state index in [0.717, 1.165) is 13.1 Å². The van der Waals surface area contributed by atoms with Gasteiger partial charge in [0.05, 0.1) is 23.9 Å². The number of carbonyl (C=O) groups is 3. The Morgan fingerprint density at radius 2 is 1.64 bits per heavy atom. The second kappa shape index (κ2) is 9.29. The molecule has 3 aliphatic heterocycles. The van der Waals surface area contributed by atoms with Gasteiger partial charge in [0, 0.05) is 38.9 Å². The molecule has 1 saturated heterocycles. The standard InChI is InChI=1S/C27H30FN5O3/c1-17-5-4-6-18(2)25(17)32-13-11-31(12-14-32)22(34)16-33-15-21-23(26(33)35)24(29-27(36)30(21)3)19-7-9-20(28)10-8-19/h4-10,24H,11-16H2,1-3H3,(H,29,36)/t24-/m1/s1. The average molecular weight is 492 g/mol. The minimum absolute atomic E-state index is 0.0482. The summed E-state index contributed by atoms with van der Waals surface area (Å²) in [5.74, 6) is -0.784. The minimum Gasteiger partial charge on any atom is -0.368 e. The number of nitrogens with zero attached hydrogens (tertiary/aromatic N) is 4. The van der Waals surface area contributed by atoms with Crippen molar-refractivity contribution in [1.82, 2.24) is 20.0 Å². The molecule has 0 spiro atoms. The summed E-state index contributed by atoms with van der Waals surface area (Å²) in [4.78, 5) is 46.2. The molecule has 4 amide bonds. The number of urea groups is 1. The largest absolute Gasteiger partial charge is 0.368 e. The van der Waals surface area contributed by atoms with Crippen LogP contribution in [0.5, 0.6) is 0 Å². The lowest BCUT2D eigenvalue weighted by atomic mass is 9.96. The monoisotopic (exact) mass is 491 g/mol. The number of rotatable bonds is 4. The Balaban J connectivity index is 1.27. The maximum atomic E-state index is 13.5. The summed E-state index contributed by atoms with van der Waals surface area (Å²) in [5, 5.41) is 2.83. The number of carbonyl (C=O) groups excluding carboxylic acids is 3. The lowest BCUT2D eigenvalue weighted by molar-refractivity contribution is -0.137. The Bertz CT molecular complexity index is 1230. The topological polar surface area (TPSA) is 76.2 Å². The smallest absolute Gasteiger partial charge is 0.322 e. The van der Waals surface area contributed by atoms with Crippen molar-refractivity contribution in [2.45, 2.75) is 19.9 Å². The number of hydrogen-bond donors (Lipinski definition) is 1. The molecule has 0 radical (unpaired) electrons. The van der Waals surface area contributed by atoms with Gasteiger partial charge in [0.15, 0.2) is 0 Å². The van der Waals surface area contributed by atoms with Crippen LogP contribution in [-0.2, 0) is 9.59 Å². The first-order valence-corrected chi connectivity index (χ1v) is 12.2. The Hall–Kier alpha value is -3.88. The van der Waals surface area contributed by atoms with E-state index in [2.05, 4.69) is 42.3 Å². The van der Waals surface area contributed by atoms with Crippen LogP contribution in [0.4, 0.5) is 14.9 Å². The average Bonchev–Trinajstić information content (AvgIpc) is 3.18. The van der Waals surface area contributed by atoms with Crippen LogP contribution < -0.4 is 10.2 Å². The Kier molecular flexibility index (Phi) is 6.15. The van der Waals surface area contributed by atoms with Crippen LogP contribution in [0.1, 0.15) is 22.7 Å². The highest BCUT2D eigenvalue weighted by Gasteiger charge is 2.43. The third-order valence-corrected chi connectivity index (χ3v) is 7.35. The van der Waals surface area contributed by atoms with Crippen LogP contribution in [0.2, 0.25) is 0 Å². The molecule has 0 aliphatic carbocycles. The summed E-state index contributed by atoms with van der Waals surface area (Å²) >= 11 is 0. The van der Waals surface area contributed by atoms with Crippen LogP contribution in [0, 0.1) is 19.7 Å². The molecule has 0 aromatic heterocycles. The van der Waals surface area contributed by atoms with Gasteiger partial charge in [-0.25, -0.2) is 9.18 Å². The molecule has 36 heavy (non-hydrogen) atoms. The molecule has 0 saturated carbocycles. The number of likely N-dealkylation sites (N-methyl/N-ethyl adjacent to an activating group) is 1. The molecule has 1 atom stereocenters. The zero-order valence-electron chi connectivity index (χ0n) is 20.8. The first-order chi connectivity index (χ1) is 17.2. The number of halogens is 1. The molecule has 9 heteroatoms. The van der Waals surface area contributed by atoms with Crippen molar-refractivity contribution in [3.8, 4) is 0 Å². The fraction of sp³-hybridized carbons (Fsp3) is 0.370. The first-order valence-electron chi connectivity index (χ1n) is 12.2. The van der Waals surface area contributed by atoms with Crippen molar-refractivity contribution < 1.29 is 18.8 Å². The van der Waals surface area contributed by atoms with Crippen molar-refractivity contribution in [3.05, 3.63) is 76.2 Å². The molecular formula is C27H30FN5O3. The van der Waals surface area contributed by atoms with Gasteiger partial charge in [-0.15, -0.1) is 0 Å². The predicted molar refractivity (Wildman–Crippen MR) is 134 cm³/mol. The fourth-order valence-electron chi connectivity index (χ4n) is 5.40. The number of piperazine rings is 1. The summed E-state index contributed by atoms with van der Waals surface area (Å²) in [5.41, 5.74) is 5.29. The second-order valence-corrected chi connectivity index (χ2v) is 9.62. The minimum atomic E-state index is -0.683. The Morgan fingerprint density at radius 3 is 2.28 bits per heavy atom. The van der Waals surface area contributed by atoms with Gasteiger partial charge in [-0.1, -0.05) is 30.3 Å². The third kappa shape index (κ3) is 4.19. The number of hydrogen-bond acceptors (Lipinski definition) is 4. The summed E-state index contributed by atoms with van der Waals surface area (Å²) in [6.07, 6.45) is 0. The Labute approximate surface area is 209 Å². The number of anilines is 1. The van der Waals surface area contributed by atoms with Gasteiger partial charge < -0.3 is 20.0 Å². The van der Waals surface area contributed by atoms with E-state index in [1.807, 2.05) is 0 Å². The van der Waals surface area contributed by atoms with E-state index in [1.54, 1.807) is 24.1 Å². The van der Waals surface area contributed by atoms with Crippen molar-refractivity contribution in [2.24, 2.45) is 0 Å². The zero-order chi connectivity index (χ0) is 25.6. The second-order valence-electron chi connectivity index (χ2n) is 9.62. The van der Waals surface area contributed by atoms with Crippen molar-refractivity contribution >= 4 is 23.5 Å². The molecule has 1 N–H and O–H groups in total. The molecule has 0 unspecified atom stereocenters. The summed E-state index contributed by atoms with van der Waals surface area (Å²) < 4.78 is 13.5. The fourth-order valence-corrected chi connectivity index (χ4v) is 5.40. The molecular weight excluding hydrogens is 461 g/mol. The lowest BCUT2D eigenvalue weighted by Gasteiger charge is -2.38. The molecule has 3 aliphatic rings. The molecule has 2 aromatic rings. The molecule has 1 fully saturated rings. The highest BCUT2D eigenvalue weighted by atomic mass is 19.1. The van der Waals surface area contributed by atoms with E-state index in [-0.39, 0.29) is 30.9 Å². The van der Waals surface area contributed by atoms with Gasteiger partial charge >= 0.3 is 6.03 Å². The van der Waals surface area contributed by atoms with Crippen LogP contribution >= 0.6 is 0 Å². The van der Waals surface area contributed by atoms with E-state index >= 15 is 0 Å². The summed E-state index contributed by atoms with van der Waals surface area (Å²) in [7, 11) is 1.61. The predicted octanol–water partition coefficient (Wildman–Crippen LogP) is 2.58. The van der Waals surface area contributed by atoms with E-state index in [0.29, 0.717) is 29.9 Å². The van der Waals surface area contributed by atoms with Gasteiger partial charge in [0.1, 0.15) is 12.4 Å². The summed E-state index contributed by atoms with van der Waals surface area (Å²) in [6, 6.07) is 11.0. The Morgan fingerprint density at radius 1 is 1.00 bits per heavy atom. The van der Waals surface area contributed by atoms with E-state index in [1.165, 1.54) is 38.7 Å². The normalized spacial score (nSPS) is 20.2. The van der Waals surface area contributed by atoms with Crippen LogP contribution in [0.3, 0.4) is 0 Å². The van der Waals surface area contributed by atoms with Crippen LogP contribution in [0.25, 0.3) is 0 Å². The number of aryl methyl sites for hydroxylation is 2. The van der Waals surface area contributed by atoms with Gasteiger partial charge in [0.25, 0.3) is 5.91 Å². The van der Waals surface area contributed by atoms with Crippen LogP contribution in [0.15, 0.2) is 53.7 Å². The first kappa shape index (κ1) is 23.8. The quantitative estimate of drug-likeness (QED) is 0.714. The molecule has 2 aromatic carbocycles. The third-order valence-electron chi connectivity index (χ3n) is 7.35. The van der Waals surface area contributed by atoms with Gasteiger partial charge in [-0.05, 0) is 42.7 Å². The number of benzene rings is 2. The van der Waals surface area contributed by atoms with Gasteiger partial charge in [0.2, 0.25) is 5.91 Å². The molecule has 8 nitrogen and oxygen atoms in total. The highest BCUT2D eigenvalue weighted by Crippen LogP contribution is 2.35. The van der Waals surface area contributed by atoms with Gasteiger partial charge in [-0.3, -0.25) is 14.5 Å². The maximum absolute atomic E-state index is 13.5. The van der Waals surface area contributed by atoms with Gasteiger partial charge in [-0.2, -0.15) is 0 Å². The summed E-state index contributed by atoms with van der Waals surface area (Å²) in [6.45, 7) is 6.96. The number of nitrogens with one attached hydrogen (secondary N) is 1. The van der Waals surface area contributed by atoms with E-state index < -0.39 is 11.9 Å². The molecule has 188 valence electrons. The molecule has 3 heterocycles. The maximum Gasteiger partial charge on any atom is 0.322 e. The van der Waals surface area contributed by atoms with E-state index in [9.17, 15) is 18.8 Å². The van der Waals surface area contributed by atoms with Crippen molar-refractivity contribution in [3.63, 3.8) is 0 Å². The number of amides is 4. The van der Waals surface area contributed by atoms with Crippen molar-refractivity contribution in [2.75, 3.05) is 51.2 Å². The lowest BCUT2D eigenvalue weighted by Crippen LogP contribution is -2.52.